The van der Waals surface area contributed by atoms with Gasteiger partial charge in [0.15, 0.2) is 0 Å². The normalized spacial score (nSPS) is 10.1. The van der Waals surface area contributed by atoms with Gasteiger partial charge in [-0.05, 0) is 43.1 Å². The quantitative estimate of drug-likeness (QED) is 0.691. The van der Waals surface area contributed by atoms with Crippen LogP contribution in [-0.4, -0.2) is 22.2 Å². The van der Waals surface area contributed by atoms with Crippen molar-refractivity contribution in [2.75, 3.05) is 6.54 Å². The van der Waals surface area contributed by atoms with Crippen molar-refractivity contribution >= 4 is 18.3 Å². The SMILES string of the molecule is Cl.NCCCCCCC(=O)NCc1ccc(-n2cccn2)cc1. The number of nitrogens with zero attached hydrogens (tertiary/aromatic N) is 2. The number of aromatic nitrogens is 2. The summed E-state index contributed by atoms with van der Waals surface area (Å²) in [6.45, 7) is 1.31. The number of halogens is 1. The highest BCUT2D eigenvalue weighted by molar-refractivity contribution is 5.85. The molecule has 0 aliphatic heterocycles. The second kappa shape index (κ2) is 10.8. The number of hydrogen-bond acceptors (Lipinski definition) is 3. The van der Waals surface area contributed by atoms with Gasteiger partial charge in [-0.2, -0.15) is 5.10 Å². The van der Waals surface area contributed by atoms with Gasteiger partial charge in [0.1, 0.15) is 0 Å². The minimum atomic E-state index is 0. The molecule has 2 aromatic rings. The van der Waals surface area contributed by atoms with Gasteiger partial charge in [-0.3, -0.25) is 4.79 Å². The van der Waals surface area contributed by atoms with Crippen LogP contribution in [0.15, 0.2) is 42.7 Å². The Balaban J connectivity index is 0.00000264. The fourth-order valence-electron chi connectivity index (χ4n) is 2.26. The summed E-state index contributed by atoms with van der Waals surface area (Å²) in [5.74, 6) is 0.115. The molecule has 0 unspecified atom stereocenters. The van der Waals surface area contributed by atoms with Crippen molar-refractivity contribution in [3.8, 4) is 5.69 Å². The molecule has 1 aromatic heterocycles. The van der Waals surface area contributed by atoms with Crippen molar-refractivity contribution in [3.63, 3.8) is 0 Å². The van der Waals surface area contributed by atoms with E-state index in [1.165, 1.54) is 0 Å². The summed E-state index contributed by atoms with van der Waals surface area (Å²) < 4.78 is 1.81. The van der Waals surface area contributed by atoms with E-state index >= 15 is 0 Å². The van der Waals surface area contributed by atoms with E-state index in [-0.39, 0.29) is 18.3 Å². The molecule has 5 nitrogen and oxygen atoms in total. The Labute approximate surface area is 143 Å². The maximum absolute atomic E-state index is 11.8. The zero-order valence-electron chi connectivity index (χ0n) is 13.3. The summed E-state index contributed by atoms with van der Waals surface area (Å²) in [7, 11) is 0. The van der Waals surface area contributed by atoms with Crippen LogP contribution in [0, 0.1) is 0 Å². The van der Waals surface area contributed by atoms with Gasteiger partial charge >= 0.3 is 0 Å². The third kappa shape index (κ3) is 6.84. The predicted molar refractivity (Wildman–Crippen MR) is 94.8 cm³/mol. The summed E-state index contributed by atoms with van der Waals surface area (Å²) in [4.78, 5) is 11.8. The average Bonchev–Trinajstić information content (AvgIpc) is 3.08. The van der Waals surface area contributed by atoms with E-state index in [1.807, 2.05) is 41.2 Å². The molecule has 0 aliphatic carbocycles. The van der Waals surface area contributed by atoms with Crippen LogP contribution in [0.5, 0.6) is 0 Å². The van der Waals surface area contributed by atoms with E-state index in [0.717, 1.165) is 43.5 Å². The van der Waals surface area contributed by atoms with Gasteiger partial charge in [0.2, 0.25) is 5.91 Å². The van der Waals surface area contributed by atoms with Gasteiger partial charge < -0.3 is 11.1 Å². The summed E-state index contributed by atoms with van der Waals surface area (Å²) in [5, 5.41) is 7.14. The lowest BCUT2D eigenvalue weighted by Gasteiger charge is -2.07. The molecule has 23 heavy (non-hydrogen) atoms. The van der Waals surface area contributed by atoms with Crippen LogP contribution < -0.4 is 11.1 Å². The van der Waals surface area contributed by atoms with Gasteiger partial charge in [0.05, 0.1) is 5.69 Å². The predicted octanol–water partition coefficient (Wildman–Crippen LogP) is 2.82. The van der Waals surface area contributed by atoms with Crippen molar-refractivity contribution in [1.82, 2.24) is 15.1 Å². The van der Waals surface area contributed by atoms with E-state index in [9.17, 15) is 4.79 Å². The molecular weight excluding hydrogens is 312 g/mol. The number of nitrogens with one attached hydrogen (secondary N) is 1. The highest BCUT2D eigenvalue weighted by atomic mass is 35.5. The monoisotopic (exact) mass is 336 g/mol. The lowest BCUT2D eigenvalue weighted by Crippen LogP contribution is -2.22. The van der Waals surface area contributed by atoms with Crippen molar-refractivity contribution in [2.24, 2.45) is 5.73 Å². The molecule has 3 N–H and O–H groups in total. The van der Waals surface area contributed by atoms with Crippen LogP contribution >= 0.6 is 12.4 Å². The molecule has 0 saturated heterocycles. The fourth-order valence-corrected chi connectivity index (χ4v) is 2.26. The summed E-state index contributed by atoms with van der Waals surface area (Å²) in [5.41, 5.74) is 7.54. The molecule has 2 rings (SSSR count). The average molecular weight is 337 g/mol. The van der Waals surface area contributed by atoms with Gasteiger partial charge in [0.25, 0.3) is 0 Å². The Bertz CT molecular complexity index is 554. The minimum Gasteiger partial charge on any atom is -0.352 e. The van der Waals surface area contributed by atoms with Gasteiger partial charge in [0, 0.05) is 25.4 Å². The highest BCUT2D eigenvalue weighted by Gasteiger charge is 2.02. The number of hydrogen-bond donors (Lipinski definition) is 2. The van der Waals surface area contributed by atoms with Gasteiger partial charge in [-0.1, -0.05) is 25.0 Å². The van der Waals surface area contributed by atoms with Crippen molar-refractivity contribution < 1.29 is 4.79 Å². The molecular formula is C17H25ClN4O. The molecule has 0 saturated carbocycles. The lowest BCUT2D eigenvalue weighted by molar-refractivity contribution is -0.121. The van der Waals surface area contributed by atoms with Crippen molar-refractivity contribution in [3.05, 3.63) is 48.3 Å². The largest absolute Gasteiger partial charge is 0.352 e. The molecule has 1 heterocycles. The van der Waals surface area contributed by atoms with E-state index in [1.54, 1.807) is 6.20 Å². The number of rotatable bonds is 9. The first-order valence-electron chi connectivity index (χ1n) is 7.85. The Morgan fingerprint density at radius 3 is 2.52 bits per heavy atom. The number of amides is 1. The molecule has 0 bridgehead atoms. The van der Waals surface area contributed by atoms with Crippen molar-refractivity contribution in [2.45, 2.75) is 38.6 Å². The number of unbranched alkanes of at least 4 members (excludes halogenated alkanes) is 3. The Hall–Kier alpha value is -1.85. The molecule has 0 aliphatic rings. The summed E-state index contributed by atoms with van der Waals surface area (Å²) in [6, 6.07) is 9.92. The maximum Gasteiger partial charge on any atom is 0.220 e. The van der Waals surface area contributed by atoms with Gasteiger partial charge in [-0.15, -0.1) is 12.4 Å². The fraction of sp³-hybridized carbons (Fsp3) is 0.412. The van der Waals surface area contributed by atoms with Crippen LogP contribution in [-0.2, 0) is 11.3 Å². The molecule has 0 radical (unpaired) electrons. The zero-order chi connectivity index (χ0) is 15.6. The molecule has 1 aromatic carbocycles. The lowest BCUT2D eigenvalue weighted by atomic mass is 10.1. The van der Waals surface area contributed by atoms with E-state index < -0.39 is 0 Å². The molecule has 0 atom stereocenters. The van der Waals surface area contributed by atoms with Crippen molar-refractivity contribution in [1.29, 1.82) is 0 Å². The first-order valence-corrected chi connectivity index (χ1v) is 7.85. The number of carbonyl (C=O) groups excluding carboxylic acids is 1. The molecule has 0 spiro atoms. The minimum absolute atomic E-state index is 0. The van der Waals surface area contributed by atoms with E-state index in [2.05, 4.69) is 10.4 Å². The first-order chi connectivity index (χ1) is 10.8. The third-order valence-corrected chi connectivity index (χ3v) is 3.55. The number of carbonyl (C=O) groups is 1. The van der Waals surface area contributed by atoms with Crippen LogP contribution in [0.1, 0.15) is 37.7 Å². The Morgan fingerprint density at radius 1 is 1.13 bits per heavy atom. The van der Waals surface area contributed by atoms with Crippen LogP contribution in [0.25, 0.3) is 5.69 Å². The van der Waals surface area contributed by atoms with E-state index in [4.69, 9.17) is 5.73 Å². The second-order valence-electron chi connectivity index (χ2n) is 5.35. The summed E-state index contributed by atoms with van der Waals surface area (Å²) >= 11 is 0. The second-order valence-corrected chi connectivity index (χ2v) is 5.35. The molecule has 0 fully saturated rings. The summed E-state index contributed by atoms with van der Waals surface area (Å²) in [6.07, 6.45) is 8.41. The Morgan fingerprint density at radius 2 is 1.87 bits per heavy atom. The van der Waals surface area contributed by atoms with Crippen LogP contribution in [0.3, 0.4) is 0 Å². The third-order valence-electron chi connectivity index (χ3n) is 3.55. The van der Waals surface area contributed by atoms with Crippen LogP contribution in [0.4, 0.5) is 0 Å². The number of benzene rings is 1. The first kappa shape index (κ1) is 19.2. The maximum atomic E-state index is 11.8. The standard InChI is InChI=1S/C17H24N4O.ClH/c18-11-4-2-1-3-6-17(22)19-14-15-7-9-16(10-8-15)21-13-5-12-20-21;/h5,7-10,12-13H,1-4,6,11,14,18H2,(H,19,22);1H. The topological polar surface area (TPSA) is 72.9 Å². The van der Waals surface area contributed by atoms with Gasteiger partial charge in [-0.25, -0.2) is 4.68 Å². The van der Waals surface area contributed by atoms with Crippen LogP contribution in [0.2, 0.25) is 0 Å². The number of nitrogens with two attached hydrogens (primary N) is 1. The van der Waals surface area contributed by atoms with E-state index in [0.29, 0.717) is 13.0 Å². The highest BCUT2D eigenvalue weighted by Crippen LogP contribution is 2.08. The molecule has 126 valence electrons. The smallest absolute Gasteiger partial charge is 0.220 e. The molecule has 6 heteroatoms. The Kier molecular flexibility index (Phi) is 9.02. The zero-order valence-corrected chi connectivity index (χ0v) is 14.1. The molecule has 1 amide bonds.